The van der Waals surface area contributed by atoms with Crippen LogP contribution in [-0.2, 0) is 0 Å². The van der Waals surface area contributed by atoms with Gasteiger partial charge in [0.2, 0.25) is 0 Å². The van der Waals surface area contributed by atoms with E-state index < -0.39 is 0 Å². The second kappa shape index (κ2) is 11.9. The summed E-state index contributed by atoms with van der Waals surface area (Å²) in [5.74, 6) is 0. The number of fused-ring (bicyclic) bond motifs is 6. The van der Waals surface area contributed by atoms with Crippen LogP contribution in [0.4, 0.5) is 17.1 Å². The lowest BCUT2D eigenvalue weighted by atomic mass is 10.0. The Morgan fingerprint density at radius 3 is 1.27 bits per heavy atom. The minimum atomic E-state index is 1.12. The number of hydrogen-bond acceptors (Lipinski definition) is 1. The van der Waals surface area contributed by atoms with Crippen LogP contribution in [0.2, 0.25) is 0 Å². The molecule has 0 aliphatic heterocycles. The van der Waals surface area contributed by atoms with Crippen LogP contribution >= 0.6 is 0 Å². The van der Waals surface area contributed by atoms with Crippen molar-refractivity contribution in [3.8, 4) is 22.5 Å². The summed E-state index contributed by atoms with van der Waals surface area (Å²) in [5.41, 5.74) is 12.8. The third-order valence-electron chi connectivity index (χ3n) is 10.1. The molecule has 0 spiro atoms. The molecule has 0 N–H and O–H groups in total. The summed E-state index contributed by atoms with van der Waals surface area (Å²) in [7, 11) is 0. The van der Waals surface area contributed by atoms with Gasteiger partial charge in [-0.15, -0.1) is 0 Å². The van der Waals surface area contributed by atoms with Crippen LogP contribution in [0.3, 0.4) is 0 Å². The third-order valence-corrected chi connectivity index (χ3v) is 10.1. The number of para-hydroxylation sites is 5. The molecular formula is C48H33N3. The summed E-state index contributed by atoms with van der Waals surface area (Å²) in [6, 6.07) is 72.1. The van der Waals surface area contributed by atoms with E-state index in [0.717, 1.165) is 28.4 Å². The molecule has 0 saturated carbocycles. The molecule has 240 valence electrons. The second-order valence-electron chi connectivity index (χ2n) is 13.0. The summed E-state index contributed by atoms with van der Waals surface area (Å²) in [6.07, 6.45) is 0. The molecule has 2 aromatic heterocycles. The first-order valence-electron chi connectivity index (χ1n) is 17.4. The Balaban J connectivity index is 1.11. The van der Waals surface area contributed by atoms with Crippen molar-refractivity contribution in [3.63, 3.8) is 0 Å². The number of aromatic nitrogens is 2. The van der Waals surface area contributed by atoms with Crippen molar-refractivity contribution in [2.24, 2.45) is 0 Å². The zero-order chi connectivity index (χ0) is 33.7. The predicted molar refractivity (Wildman–Crippen MR) is 215 cm³/mol. The fraction of sp³-hybridized carbons (Fsp3) is 0. The Labute approximate surface area is 296 Å². The SMILES string of the molecule is c1ccc(N(c2ccccc2)c2cccc(-c3ccc4c(c3)c3ccccc3n4-c3cccc(-n4c5ccccc5c5ccccc54)c3)c2)cc1. The van der Waals surface area contributed by atoms with Crippen LogP contribution in [0.15, 0.2) is 200 Å². The van der Waals surface area contributed by atoms with Gasteiger partial charge >= 0.3 is 0 Å². The number of benzene rings is 8. The van der Waals surface area contributed by atoms with Gasteiger partial charge in [-0.1, -0.05) is 115 Å². The molecule has 0 aliphatic carbocycles. The largest absolute Gasteiger partial charge is 0.310 e. The first kappa shape index (κ1) is 29.1. The number of anilines is 3. The maximum Gasteiger partial charge on any atom is 0.0541 e. The molecule has 0 radical (unpaired) electrons. The predicted octanol–water partition coefficient (Wildman–Crippen LogP) is 13.0. The molecular weight excluding hydrogens is 619 g/mol. The molecule has 0 aliphatic rings. The molecule has 3 heteroatoms. The van der Waals surface area contributed by atoms with E-state index in [-0.39, 0.29) is 0 Å². The maximum absolute atomic E-state index is 2.41. The fourth-order valence-electron chi connectivity index (χ4n) is 7.83. The highest BCUT2D eigenvalue weighted by Gasteiger charge is 2.17. The van der Waals surface area contributed by atoms with Gasteiger partial charge in [-0.3, -0.25) is 0 Å². The quantitative estimate of drug-likeness (QED) is 0.174. The zero-order valence-corrected chi connectivity index (χ0v) is 27.9. The molecule has 8 aromatic carbocycles. The van der Waals surface area contributed by atoms with Crippen molar-refractivity contribution >= 4 is 60.7 Å². The van der Waals surface area contributed by atoms with Crippen LogP contribution in [0, 0.1) is 0 Å². The van der Waals surface area contributed by atoms with Crippen molar-refractivity contribution in [1.29, 1.82) is 0 Å². The van der Waals surface area contributed by atoms with Gasteiger partial charge in [0, 0.05) is 50.0 Å². The molecule has 0 unspecified atom stereocenters. The topological polar surface area (TPSA) is 13.1 Å². The molecule has 51 heavy (non-hydrogen) atoms. The number of nitrogens with zero attached hydrogens (tertiary/aromatic N) is 3. The Bertz CT molecular complexity index is 2770. The molecule has 0 atom stereocenters. The van der Waals surface area contributed by atoms with E-state index in [9.17, 15) is 0 Å². The number of hydrogen-bond donors (Lipinski definition) is 0. The molecule has 2 heterocycles. The first-order chi connectivity index (χ1) is 25.3. The van der Waals surface area contributed by atoms with Crippen LogP contribution in [-0.4, -0.2) is 9.13 Å². The molecule has 10 rings (SSSR count). The van der Waals surface area contributed by atoms with Gasteiger partial charge in [-0.05, 0) is 96.1 Å². The van der Waals surface area contributed by atoms with Gasteiger partial charge in [0.25, 0.3) is 0 Å². The highest BCUT2D eigenvalue weighted by atomic mass is 15.1. The summed E-state index contributed by atoms with van der Waals surface area (Å²) in [6.45, 7) is 0. The molecule has 0 fully saturated rings. The van der Waals surface area contributed by atoms with Gasteiger partial charge in [0.05, 0.1) is 22.1 Å². The molecule has 3 nitrogen and oxygen atoms in total. The van der Waals surface area contributed by atoms with E-state index in [4.69, 9.17) is 0 Å². The highest BCUT2D eigenvalue weighted by Crippen LogP contribution is 2.39. The van der Waals surface area contributed by atoms with Crippen molar-refractivity contribution in [3.05, 3.63) is 200 Å². The minimum absolute atomic E-state index is 1.12. The monoisotopic (exact) mass is 651 g/mol. The van der Waals surface area contributed by atoms with Crippen molar-refractivity contribution in [2.75, 3.05) is 4.90 Å². The molecule has 0 saturated heterocycles. The third kappa shape index (κ3) is 4.82. The maximum atomic E-state index is 2.41. The Hall–Kier alpha value is -6.84. The molecule has 0 amide bonds. The number of rotatable bonds is 6. The molecule has 10 aromatic rings. The summed E-state index contributed by atoms with van der Waals surface area (Å²) in [5, 5.41) is 5.01. The first-order valence-corrected chi connectivity index (χ1v) is 17.4. The lowest BCUT2D eigenvalue weighted by Crippen LogP contribution is -2.09. The minimum Gasteiger partial charge on any atom is -0.310 e. The van der Waals surface area contributed by atoms with E-state index in [0.29, 0.717) is 0 Å². The van der Waals surface area contributed by atoms with Gasteiger partial charge in [-0.2, -0.15) is 0 Å². The summed E-state index contributed by atoms with van der Waals surface area (Å²) < 4.78 is 4.80. The lowest BCUT2D eigenvalue weighted by molar-refractivity contribution is 1.13. The van der Waals surface area contributed by atoms with E-state index in [1.807, 2.05) is 0 Å². The van der Waals surface area contributed by atoms with Gasteiger partial charge in [0.1, 0.15) is 0 Å². The Kier molecular flexibility index (Phi) is 6.81. The fourth-order valence-corrected chi connectivity index (χ4v) is 7.83. The average molecular weight is 652 g/mol. The van der Waals surface area contributed by atoms with E-state index >= 15 is 0 Å². The summed E-state index contributed by atoms with van der Waals surface area (Å²) >= 11 is 0. The van der Waals surface area contributed by atoms with Gasteiger partial charge in [-0.25, -0.2) is 0 Å². The Morgan fingerprint density at radius 2 is 0.706 bits per heavy atom. The van der Waals surface area contributed by atoms with E-state index in [1.165, 1.54) is 54.7 Å². The highest BCUT2D eigenvalue weighted by molar-refractivity contribution is 6.11. The van der Waals surface area contributed by atoms with Crippen LogP contribution in [0.25, 0.3) is 66.1 Å². The summed E-state index contributed by atoms with van der Waals surface area (Å²) in [4.78, 5) is 2.32. The van der Waals surface area contributed by atoms with Crippen molar-refractivity contribution < 1.29 is 0 Å². The van der Waals surface area contributed by atoms with Crippen LogP contribution in [0.1, 0.15) is 0 Å². The average Bonchev–Trinajstić information content (AvgIpc) is 3.72. The van der Waals surface area contributed by atoms with Gasteiger partial charge < -0.3 is 14.0 Å². The normalized spacial score (nSPS) is 11.5. The molecule has 0 bridgehead atoms. The zero-order valence-electron chi connectivity index (χ0n) is 27.9. The second-order valence-corrected chi connectivity index (χ2v) is 13.0. The van der Waals surface area contributed by atoms with Crippen LogP contribution in [0.5, 0.6) is 0 Å². The van der Waals surface area contributed by atoms with E-state index in [2.05, 4.69) is 214 Å². The smallest absolute Gasteiger partial charge is 0.0541 e. The standard InChI is InChI=1S/C48H33N3/c1-3-16-36(17-4-1)49(37-18-5-2-6-19-37)38-20-13-15-34(31-38)35-29-30-48-44(32-35)43-25-9-12-28-47(43)51(48)40-22-14-21-39(33-40)50-45-26-10-7-23-41(45)42-24-8-11-27-46(42)50/h1-33H. The van der Waals surface area contributed by atoms with Crippen molar-refractivity contribution in [2.45, 2.75) is 0 Å². The van der Waals surface area contributed by atoms with Crippen molar-refractivity contribution in [1.82, 2.24) is 9.13 Å². The van der Waals surface area contributed by atoms with Crippen LogP contribution < -0.4 is 4.90 Å². The van der Waals surface area contributed by atoms with Gasteiger partial charge in [0.15, 0.2) is 0 Å². The lowest BCUT2D eigenvalue weighted by Gasteiger charge is -2.26. The Morgan fingerprint density at radius 1 is 0.275 bits per heavy atom. The van der Waals surface area contributed by atoms with E-state index in [1.54, 1.807) is 0 Å².